The van der Waals surface area contributed by atoms with Gasteiger partial charge in [0.05, 0.1) is 15.8 Å². The van der Waals surface area contributed by atoms with Gasteiger partial charge in [0.1, 0.15) is 0 Å². The summed E-state index contributed by atoms with van der Waals surface area (Å²) in [6, 6.07) is 15.1. The molecule has 0 spiro atoms. The van der Waals surface area contributed by atoms with Crippen LogP contribution in [0.2, 0.25) is 10.0 Å². The van der Waals surface area contributed by atoms with Crippen LogP contribution < -0.4 is 0 Å². The lowest BCUT2D eigenvalue weighted by atomic mass is 9.89. The fourth-order valence-electron chi connectivity index (χ4n) is 4.61. The maximum Gasteiger partial charge on any atom is 0.253 e. The maximum atomic E-state index is 12.9. The summed E-state index contributed by atoms with van der Waals surface area (Å²) >= 11 is 12.5. The van der Waals surface area contributed by atoms with Crippen molar-refractivity contribution in [3.8, 4) is 0 Å². The Hall–Kier alpha value is -2.08. The monoisotopic (exact) mass is 489 g/mol. The first-order chi connectivity index (χ1) is 15.9. The van der Waals surface area contributed by atoms with Crippen molar-refractivity contribution < 1.29 is 10.0 Å². The van der Waals surface area contributed by atoms with Gasteiger partial charge >= 0.3 is 0 Å². The second-order valence-electron chi connectivity index (χ2n) is 8.77. The molecule has 33 heavy (non-hydrogen) atoms. The van der Waals surface area contributed by atoms with Gasteiger partial charge in [0, 0.05) is 31.0 Å². The normalized spacial score (nSPS) is 16.5. The zero-order chi connectivity index (χ0) is 23.8. The van der Waals surface area contributed by atoms with Crippen LogP contribution in [0, 0.1) is 5.92 Å². The lowest BCUT2D eigenvalue weighted by Gasteiger charge is -2.33. The van der Waals surface area contributed by atoms with Gasteiger partial charge in [-0.15, -0.1) is 0 Å². The van der Waals surface area contributed by atoms with E-state index in [4.69, 9.17) is 23.2 Å². The van der Waals surface area contributed by atoms with Gasteiger partial charge in [0.2, 0.25) is 0 Å². The number of likely N-dealkylation sites (N-methyl/N-ethyl adjacent to an activating group) is 1. The number of carbonyl (C=O) groups is 1. The number of halogens is 2. The molecule has 5 nitrogen and oxygen atoms in total. The number of rotatable bonds is 9. The van der Waals surface area contributed by atoms with Crippen molar-refractivity contribution in [3.05, 3.63) is 69.7 Å². The number of hydrogen-bond acceptors (Lipinski definition) is 4. The molecule has 0 aromatic heterocycles. The average Bonchev–Trinajstić information content (AvgIpc) is 2.85. The Balaban J connectivity index is 1.66. The minimum atomic E-state index is 0.0110. The first kappa shape index (κ1) is 25.5. The first-order valence-corrected chi connectivity index (χ1v) is 12.4. The van der Waals surface area contributed by atoms with E-state index in [2.05, 4.69) is 10.1 Å². The molecule has 0 aliphatic carbocycles. The summed E-state index contributed by atoms with van der Waals surface area (Å²) in [5.74, 6) is 0.522. The number of carbonyl (C=O) groups excluding carboxylic acids is 1. The molecule has 1 aliphatic rings. The van der Waals surface area contributed by atoms with Gasteiger partial charge < -0.3 is 15.0 Å². The van der Waals surface area contributed by atoms with Gasteiger partial charge in [-0.2, -0.15) is 0 Å². The molecule has 2 aromatic carbocycles. The van der Waals surface area contributed by atoms with Crippen LogP contribution in [0.25, 0.3) is 0 Å². The number of nitrogens with zero attached hydrogens (tertiary/aromatic N) is 3. The molecule has 7 heteroatoms. The van der Waals surface area contributed by atoms with E-state index < -0.39 is 0 Å². The van der Waals surface area contributed by atoms with E-state index in [1.807, 2.05) is 62.5 Å². The van der Waals surface area contributed by atoms with Gasteiger partial charge in [-0.1, -0.05) is 59.5 Å². The molecule has 1 amide bonds. The topological polar surface area (TPSA) is 56.1 Å². The zero-order valence-electron chi connectivity index (χ0n) is 19.4. The summed E-state index contributed by atoms with van der Waals surface area (Å²) in [4.78, 5) is 17.2. The predicted molar refractivity (Wildman–Crippen MR) is 136 cm³/mol. The Morgan fingerprint density at radius 2 is 1.85 bits per heavy atom. The molecule has 178 valence electrons. The van der Waals surface area contributed by atoms with Crippen molar-refractivity contribution >= 4 is 34.8 Å². The maximum absolute atomic E-state index is 12.9. The van der Waals surface area contributed by atoms with Crippen LogP contribution in [0.5, 0.6) is 0 Å². The zero-order valence-corrected chi connectivity index (χ0v) is 20.9. The van der Waals surface area contributed by atoms with Crippen LogP contribution in [0.4, 0.5) is 0 Å². The van der Waals surface area contributed by atoms with Gasteiger partial charge in [0.15, 0.2) is 0 Å². The van der Waals surface area contributed by atoms with E-state index in [-0.39, 0.29) is 11.8 Å². The third-order valence-corrected chi connectivity index (χ3v) is 7.36. The van der Waals surface area contributed by atoms with Crippen molar-refractivity contribution in [1.29, 1.82) is 0 Å². The molecule has 1 N–H and O–H groups in total. The summed E-state index contributed by atoms with van der Waals surface area (Å²) in [6.45, 7) is 5.53. The molecule has 0 bridgehead atoms. The molecule has 2 aromatic rings. The first-order valence-electron chi connectivity index (χ1n) is 11.6. The molecule has 0 saturated carbocycles. The van der Waals surface area contributed by atoms with Crippen molar-refractivity contribution in [2.24, 2.45) is 11.1 Å². The second kappa shape index (κ2) is 12.4. The summed E-state index contributed by atoms with van der Waals surface area (Å²) in [6.07, 6.45) is 3.72. The summed E-state index contributed by atoms with van der Waals surface area (Å²) in [5, 5.41) is 13.8. The Morgan fingerprint density at radius 3 is 2.45 bits per heavy atom. The van der Waals surface area contributed by atoms with E-state index in [9.17, 15) is 10.0 Å². The van der Waals surface area contributed by atoms with Crippen molar-refractivity contribution in [1.82, 2.24) is 9.80 Å². The van der Waals surface area contributed by atoms with E-state index in [1.54, 1.807) is 4.90 Å². The second-order valence-corrected chi connectivity index (χ2v) is 9.59. The highest BCUT2D eigenvalue weighted by molar-refractivity contribution is 6.42. The molecular weight excluding hydrogens is 457 g/mol. The number of amides is 1. The van der Waals surface area contributed by atoms with Gasteiger partial charge in [-0.3, -0.25) is 4.79 Å². The minimum absolute atomic E-state index is 0.0110. The van der Waals surface area contributed by atoms with Gasteiger partial charge in [-0.25, -0.2) is 0 Å². The Morgan fingerprint density at radius 1 is 1.15 bits per heavy atom. The number of hydrogen-bond donors (Lipinski definition) is 1. The molecule has 1 fully saturated rings. The van der Waals surface area contributed by atoms with E-state index in [1.165, 1.54) is 0 Å². The number of oxime groups is 1. The van der Waals surface area contributed by atoms with Crippen LogP contribution in [-0.4, -0.2) is 59.9 Å². The number of likely N-dealkylation sites (tertiary alicyclic amines) is 1. The molecule has 1 atom stereocenters. The van der Waals surface area contributed by atoms with E-state index in [0.29, 0.717) is 28.1 Å². The molecule has 1 heterocycles. The quantitative estimate of drug-likeness (QED) is 0.259. The van der Waals surface area contributed by atoms with Crippen LogP contribution in [0.1, 0.15) is 54.4 Å². The Labute approximate surface area is 207 Å². The van der Waals surface area contributed by atoms with E-state index >= 15 is 0 Å². The fourth-order valence-corrected chi connectivity index (χ4v) is 4.92. The van der Waals surface area contributed by atoms with E-state index in [0.717, 1.165) is 56.6 Å². The standard InChI is InChI=1S/C26H33Cl2N3O2/c1-3-25(29-33)19-11-14-31(15-12-19)16-13-22(21-9-10-23(27)24(28)17-21)18-30(2)26(32)20-7-5-4-6-8-20/h4-10,17,19,22,33H,3,11-16,18H2,1-2H3/t22-/m1/s1. The molecular formula is C26H33Cl2N3O2. The molecule has 1 aliphatic heterocycles. The Kier molecular flexibility index (Phi) is 9.60. The largest absolute Gasteiger partial charge is 0.411 e. The molecule has 1 saturated heterocycles. The number of benzene rings is 2. The summed E-state index contributed by atoms with van der Waals surface area (Å²) in [7, 11) is 1.85. The van der Waals surface area contributed by atoms with Crippen LogP contribution in [-0.2, 0) is 0 Å². The lowest BCUT2D eigenvalue weighted by molar-refractivity contribution is 0.0781. The number of piperidine rings is 1. The highest BCUT2D eigenvalue weighted by Crippen LogP contribution is 2.30. The molecule has 0 unspecified atom stereocenters. The van der Waals surface area contributed by atoms with Crippen molar-refractivity contribution in [2.45, 2.75) is 38.5 Å². The fraction of sp³-hybridized carbons (Fsp3) is 0.462. The van der Waals surface area contributed by atoms with Crippen molar-refractivity contribution in [2.75, 3.05) is 33.2 Å². The van der Waals surface area contributed by atoms with Gasteiger partial charge in [0.25, 0.3) is 5.91 Å². The molecule has 0 radical (unpaired) electrons. The summed E-state index contributed by atoms with van der Waals surface area (Å²) in [5.41, 5.74) is 2.68. The minimum Gasteiger partial charge on any atom is -0.411 e. The van der Waals surface area contributed by atoms with Gasteiger partial charge in [-0.05, 0) is 75.1 Å². The highest BCUT2D eigenvalue weighted by atomic mass is 35.5. The lowest BCUT2D eigenvalue weighted by Crippen LogP contribution is -2.38. The SMILES string of the molecule is CCC(=NO)C1CCN(CC[C@H](CN(C)C(=O)c2ccccc2)c2ccc(Cl)c(Cl)c2)CC1. The third-order valence-electron chi connectivity index (χ3n) is 6.62. The highest BCUT2D eigenvalue weighted by Gasteiger charge is 2.25. The van der Waals surface area contributed by atoms with Crippen LogP contribution in [0.3, 0.4) is 0 Å². The predicted octanol–water partition coefficient (Wildman–Crippen LogP) is 6.19. The average molecular weight is 490 g/mol. The van der Waals surface area contributed by atoms with Crippen molar-refractivity contribution in [3.63, 3.8) is 0 Å². The third kappa shape index (κ3) is 6.95. The van der Waals surface area contributed by atoms with Crippen LogP contribution >= 0.6 is 23.2 Å². The van der Waals surface area contributed by atoms with Crippen LogP contribution in [0.15, 0.2) is 53.7 Å². The smallest absolute Gasteiger partial charge is 0.253 e. The Bertz CT molecular complexity index is 944. The molecule has 3 rings (SSSR count). The summed E-state index contributed by atoms with van der Waals surface area (Å²) < 4.78 is 0.